The van der Waals surface area contributed by atoms with Crippen molar-refractivity contribution in [2.45, 2.75) is 111 Å². The molecule has 2 aromatic carbocycles. The molecule has 0 aliphatic carbocycles. The maximum absolute atomic E-state index is 5.37. The minimum Gasteiger partial charge on any atom is -0.358 e. The second kappa shape index (κ2) is 130. The van der Waals surface area contributed by atoms with E-state index in [2.05, 4.69) is 46.0 Å². The fraction of sp³-hybridized carbons (Fsp3) is 0.516. The maximum atomic E-state index is 5.37. The Kier molecular flexibility index (Phi) is 294. The Hall–Kier alpha value is 4.23. The van der Waals surface area contributed by atoms with Gasteiger partial charge in [0.05, 0.1) is 22.2 Å². The SMILES string of the molecule is C.C.C.C.CC.CC.CCc1ccccc1.[B]B([B])B([B])CC.[B]B([B])C.[B]C.[B][B]B([B])[B][B].[B][B]C.[B][B]C.[CH2-]c1ccccc1.[CH3-].[CH3-].[W].[W].[Y].[Y].[Y]. The van der Waals surface area contributed by atoms with Crippen LogP contribution in [0.15, 0.2) is 60.7 Å². The van der Waals surface area contributed by atoms with Crippen molar-refractivity contribution in [2.24, 2.45) is 0 Å². The second-order valence-electron chi connectivity index (χ2n) is 7.46. The zero-order chi connectivity index (χ0) is 36.8. The van der Waals surface area contributed by atoms with Crippen molar-refractivity contribution in [1.82, 2.24) is 0 Å². The van der Waals surface area contributed by atoms with Gasteiger partial charge in [-0.2, -0.15) is 24.6 Å². The summed E-state index contributed by atoms with van der Waals surface area (Å²) >= 11 is 0. The Morgan fingerprint density at radius 3 is 0.873 bits per heavy atom. The smallest absolute Gasteiger partial charge is 0.0606 e. The molecule has 0 amide bonds. The molecule has 0 aliphatic heterocycles. The first-order valence-corrected chi connectivity index (χ1v) is 15.0. The largest absolute Gasteiger partial charge is 0.358 e. The molecule has 0 bridgehead atoms. The van der Waals surface area contributed by atoms with Crippen molar-refractivity contribution in [3.63, 3.8) is 0 Å². The van der Waals surface area contributed by atoms with Crippen LogP contribution in [0.1, 0.15) is 82.4 Å². The summed E-state index contributed by atoms with van der Waals surface area (Å²) < 4.78 is 0. The first-order valence-electron chi connectivity index (χ1n) is 15.0. The Bertz CT molecular complexity index is 650. The predicted octanol–water partition coefficient (Wildman–Crippen LogP) is 5.68. The zero-order valence-electron chi connectivity index (χ0n) is 34.4. The molecule has 29 radical (unpaired) electrons. The summed E-state index contributed by atoms with van der Waals surface area (Å²) in [7, 11) is 60.1. The Morgan fingerprint density at radius 2 is 0.800 bits per heavy atom. The fourth-order valence-electron chi connectivity index (χ4n) is 1.53. The molecule has 0 N–H and O–H groups in total. The van der Waals surface area contributed by atoms with E-state index in [-0.39, 0.29) is 211 Å². The number of aryl methyl sites for hydroxylation is 1. The summed E-state index contributed by atoms with van der Waals surface area (Å²) in [6.45, 7) is 22.4. The molecule has 55 heavy (non-hydrogen) atoms. The summed E-state index contributed by atoms with van der Waals surface area (Å²) in [4.78, 5) is 0. The third-order valence-electron chi connectivity index (χ3n) is 3.50. The van der Waals surface area contributed by atoms with Crippen LogP contribution >= 0.6 is 0 Å². The molecule has 0 saturated heterocycles. The molecule has 0 aliphatic rings. The fourth-order valence-corrected chi connectivity index (χ4v) is 1.53. The van der Waals surface area contributed by atoms with Crippen molar-refractivity contribution in [2.75, 3.05) is 0 Å². The minimum absolute atomic E-state index is 0. The molecule has 0 atom stereocenters. The van der Waals surface area contributed by atoms with Crippen LogP contribution in [0.3, 0.4) is 0 Å². The van der Waals surface area contributed by atoms with Crippen molar-refractivity contribution < 1.29 is 140 Å². The summed E-state index contributed by atoms with van der Waals surface area (Å²) in [6, 6.07) is 20.3. The average Bonchev–Trinajstić information content (AvgIpc) is 3.05. The van der Waals surface area contributed by atoms with Gasteiger partial charge in [0.1, 0.15) is 0 Å². The molecule has 0 unspecified atom stereocenters. The molecule has 0 fully saturated rings. The number of hydrogen-bond donors (Lipinski definition) is 0. The van der Waals surface area contributed by atoms with Gasteiger partial charge in [-0.3, -0.25) is 0 Å². The molecular weight excluding hydrogens is 1210 g/mol. The summed E-state index contributed by atoms with van der Waals surface area (Å²) in [6.07, 6.45) is 1.37. The third-order valence-corrected chi connectivity index (χ3v) is 3.50. The third kappa shape index (κ3) is 177. The maximum Gasteiger partial charge on any atom is 0.0606 e. The van der Waals surface area contributed by atoms with Crippen molar-refractivity contribution in [3.05, 3.63) is 93.6 Å². The van der Waals surface area contributed by atoms with E-state index in [9.17, 15) is 0 Å². The van der Waals surface area contributed by atoms with Crippen LogP contribution in [0.25, 0.3) is 0 Å². The molecule has 0 spiro atoms. The van der Waals surface area contributed by atoms with Crippen molar-refractivity contribution >= 4 is 139 Å². The number of rotatable bonds is 5. The van der Waals surface area contributed by atoms with Crippen LogP contribution in [-0.4, -0.2) is 139 Å². The van der Waals surface area contributed by atoms with E-state index in [0.29, 0.717) is 0 Å². The van der Waals surface area contributed by atoms with E-state index in [4.69, 9.17) is 77.4 Å². The Balaban J connectivity index is -0.0000000156. The van der Waals surface area contributed by atoms with Gasteiger partial charge < -0.3 is 14.9 Å². The first-order chi connectivity index (χ1) is 20.9. The standard InChI is InChI=1S/C8H10.C7H7.C2H5B5.2C2H6.CH3B3.2CH3B2.CH3B.4CH4.2CH3.B6.2W.3Y/c1-2-8-6-4-3-5-7-8;1-7-5-3-2-4-6-7;1-2-6(3)7(4)5;2*1-2;1-4(2)3;2*1-3-2;1-2;;;;;;;1-4-6(3)5-2;;;;;/h3-7H,2H2,1H3;2-6H,1H2;2H2,1H3;2*1-2H3;1H3;2*1H3;1H3;4*1H4;2*1H3;;;;;;/q;-1;;;;;;;;;;;;2*-1;;;;;;. The molecule has 0 aromatic heterocycles. The minimum atomic E-state index is -0.356. The molecule has 2 aromatic rings. The van der Waals surface area contributed by atoms with Gasteiger partial charge >= 0.3 is 0 Å². The number of benzene rings is 2. The number of hydrogen-bond acceptors (Lipinski definition) is 0. The van der Waals surface area contributed by atoms with Gasteiger partial charge in [-0.25, -0.2) is 0 Å². The average molecular weight is 1280 g/mol. The molecule has 273 valence electrons. The molecule has 0 heterocycles. The summed E-state index contributed by atoms with van der Waals surface area (Å²) in [5, 5.41) is 0. The van der Waals surface area contributed by atoms with E-state index in [0.717, 1.165) is 18.3 Å². The van der Waals surface area contributed by atoms with E-state index in [1.807, 2.05) is 71.0 Å². The topological polar surface area (TPSA) is 0 Å². The predicted molar refractivity (Wildman–Crippen MR) is 272 cm³/mol. The molecular formula is C31H68B19W2Y3-3. The normalized spacial score (nSPS) is 5.42. The van der Waals surface area contributed by atoms with Gasteiger partial charge in [-0.1, -0.05) is 121 Å². The zero-order valence-corrected chi connectivity index (χ0v) is 48.8. The summed E-state index contributed by atoms with van der Waals surface area (Å²) in [5.41, 5.74) is 2.48. The van der Waals surface area contributed by atoms with Crippen LogP contribution < -0.4 is 0 Å². The van der Waals surface area contributed by atoms with Crippen molar-refractivity contribution in [3.8, 4) is 0 Å². The van der Waals surface area contributed by atoms with Gasteiger partial charge in [0.2, 0.25) is 0 Å². The Morgan fingerprint density at radius 1 is 0.582 bits per heavy atom. The molecule has 24 heteroatoms. The molecule has 0 nitrogen and oxygen atoms in total. The van der Waals surface area contributed by atoms with E-state index in [1.54, 1.807) is 20.5 Å². The van der Waals surface area contributed by atoms with Gasteiger partial charge in [0.15, 0.2) is 0 Å². The van der Waals surface area contributed by atoms with E-state index in [1.165, 1.54) is 40.8 Å². The van der Waals surface area contributed by atoms with Gasteiger partial charge in [-0.05, 0) is 12.0 Å². The van der Waals surface area contributed by atoms with Gasteiger partial charge in [0.25, 0.3) is 0 Å². The van der Waals surface area contributed by atoms with Crippen LogP contribution in [0.5, 0.6) is 0 Å². The van der Waals surface area contributed by atoms with E-state index >= 15 is 0 Å². The Labute approximate surface area is 477 Å². The van der Waals surface area contributed by atoms with Crippen LogP contribution in [-0.2, 0) is 147 Å². The van der Waals surface area contributed by atoms with Crippen LogP contribution in [0.2, 0.25) is 33.6 Å². The molecule has 0 saturated carbocycles. The van der Waals surface area contributed by atoms with Crippen molar-refractivity contribution in [1.29, 1.82) is 0 Å². The van der Waals surface area contributed by atoms with Gasteiger partial charge in [-0.15, -0.1) is 32.6 Å². The van der Waals surface area contributed by atoms with E-state index < -0.39 is 0 Å². The van der Waals surface area contributed by atoms with Crippen LogP contribution in [0, 0.1) is 21.8 Å². The summed E-state index contributed by atoms with van der Waals surface area (Å²) in [5.74, 6) is 0. The second-order valence-corrected chi connectivity index (χ2v) is 7.46. The monoisotopic (exact) mass is 1280 g/mol. The first kappa shape index (κ1) is 124. The van der Waals surface area contributed by atoms with Gasteiger partial charge in [0, 0.05) is 258 Å². The van der Waals surface area contributed by atoms with Crippen LogP contribution in [0.4, 0.5) is 0 Å². The quantitative estimate of drug-likeness (QED) is 0.268. The molecule has 2 rings (SSSR count).